The van der Waals surface area contributed by atoms with Crippen LogP contribution in [0, 0.1) is 19.3 Å². The van der Waals surface area contributed by atoms with Gasteiger partial charge in [-0.05, 0) is 32.0 Å². The first-order valence-corrected chi connectivity index (χ1v) is 5.62. The van der Waals surface area contributed by atoms with Crippen molar-refractivity contribution >= 4 is 5.84 Å². The average Bonchev–Trinajstić information content (AvgIpc) is 2.31. The van der Waals surface area contributed by atoms with Crippen LogP contribution in [-0.2, 0) is 0 Å². The third-order valence-corrected chi connectivity index (χ3v) is 2.48. The van der Waals surface area contributed by atoms with Gasteiger partial charge in [0, 0.05) is 17.3 Å². The van der Waals surface area contributed by atoms with Gasteiger partial charge < -0.3 is 10.5 Å². The molecular weight excluding hydrogens is 226 g/mol. The van der Waals surface area contributed by atoms with Crippen LogP contribution in [0.1, 0.15) is 16.8 Å². The van der Waals surface area contributed by atoms with Gasteiger partial charge in [0.05, 0.1) is 0 Å². The summed E-state index contributed by atoms with van der Waals surface area (Å²) in [6.45, 7) is 3.86. The molecule has 0 radical (unpaired) electrons. The van der Waals surface area contributed by atoms with Crippen molar-refractivity contribution in [3.63, 3.8) is 0 Å². The molecule has 0 spiro atoms. The molecular formula is C14H15N3O. The predicted octanol–water partition coefficient (Wildman–Crippen LogP) is 2.77. The molecule has 0 amide bonds. The van der Waals surface area contributed by atoms with Gasteiger partial charge in [-0.25, -0.2) is 4.98 Å². The highest BCUT2D eigenvalue weighted by atomic mass is 16.5. The maximum absolute atomic E-state index is 7.43. The molecule has 2 rings (SSSR count). The van der Waals surface area contributed by atoms with Gasteiger partial charge in [0.2, 0.25) is 5.88 Å². The molecule has 0 aliphatic rings. The van der Waals surface area contributed by atoms with Crippen molar-refractivity contribution in [3.05, 3.63) is 53.2 Å². The van der Waals surface area contributed by atoms with Crippen LogP contribution in [0.5, 0.6) is 11.6 Å². The van der Waals surface area contributed by atoms with Crippen molar-refractivity contribution in [2.24, 2.45) is 5.73 Å². The van der Waals surface area contributed by atoms with E-state index in [0.29, 0.717) is 17.2 Å². The zero-order chi connectivity index (χ0) is 13.1. The number of nitrogens with zero attached hydrogens (tertiary/aromatic N) is 1. The van der Waals surface area contributed by atoms with E-state index in [0.717, 1.165) is 5.69 Å². The molecule has 0 saturated carbocycles. The minimum Gasteiger partial charge on any atom is -0.439 e. The SMILES string of the molecule is Cc1ccc(Oc2cc(C(=N)N)cc(C)n2)cc1. The second kappa shape index (κ2) is 4.87. The third kappa shape index (κ3) is 2.85. The summed E-state index contributed by atoms with van der Waals surface area (Å²) in [5, 5.41) is 7.43. The van der Waals surface area contributed by atoms with Crippen molar-refractivity contribution in [1.29, 1.82) is 5.41 Å². The largest absolute Gasteiger partial charge is 0.439 e. The van der Waals surface area contributed by atoms with E-state index in [1.54, 1.807) is 12.1 Å². The minimum atomic E-state index is 0.00857. The van der Waals surface area contributed by atoms with Crippen molar-refractivity contribution < 1.29 is 4.74 Å². The van der Waals surface area contributed by atoms with E-state index in [1.807, 2.05) is 38.1 Å². The summed E-state index contributed by atoms with van der Waals surface area (Å²) in [6.07, 6.45) is 0. The quantitative estimate of drug-likeness (QED) is 0.641. The number of hydrogen-bond acceptors (Lipinski definition) is 3. The van der Waals surface area contributed by atoms with Gasteiger partial charge >= 0.3 is 0 Å². The number of pyridine rings is 1. The average molecular weight is 241 g/mol. The summed E-state index contributed by atoms with van der Waals surface area (Å²) in [4.78, 5) is 4.26. The first kappa shape index (κ1) is 12.1. The molecule has 1 aromatic heterocycles. The number of amidine groups is 1. The molecule has 0 atom stereocenters. The molecule has 2 aromatic rings. The van der Waals surface area contributed by atoms with Crippen molar-refractivity contribution in [3.8, 4) is 11.6 Å². The lowest BCUT2D eigenvalue weighted by Crippen LogP contribution is -2.11. The van der Waals surface area contributed by atoms with Crippen LogP contribution in [0.15, 0.2) is 36.4 Å². The van der Waals surface area contributed by atoms with Gasteiger partial charge in [-0.3, -0.25) is 5.41 Å². The van der Waals surface area contributed by atoms with Crippen LogP contribution in [-0.4, -0.2) is 10.8 Å². The van der Waals surface area contributed by atoms with E-state index >= 15 is 0 Å². The number of hydrogen-bond donors (Lipinski definition) is 2. The molecule has 0 aliphatic heterocycles. The van der Waals surface area contributed by atoms with Gasteiger partial charge in [-0.1, -0.05) is 17.7 Å². The highest BCUT2D eigenvalue weighted by Crippen LogP contribution is 2.21. The number of ether oxygens (including phenoxy) is 1. The zero-order valence-electron chi connectivity index (χ0n) is 10.4. The van der Waals surface area contributed by atoms with Gasteiger partial charge in [0.25, 0.3) is 0 Å². The molecule has 0 saturated heterocycles. The molecule has 18 heavy (non-hydrogen) atoms. The normalized spacial score (nSPS) is 10.1. The molecule has 92 valence electrons. The van der Waals surface area contributed by atoms with Crippen LogP contribution in [0.2, 0.25) is 0 Å². The van der Waals surface area contributed by atoms with Gasteiger partial charge in [0.15, 0.2) is 0 Å². The Kier molecular flexibility index (Phi) is 3.28. The fraction of sp³-hybridized carbons (Fsp3) is 0.143. The van der Waals surface area contributed by atoms with E-state index in [-0.39, 0.29) is 5.84 Å². The second-order valence-electron chi connectivity index (χ2n) is 4.16. The summed E-state index contributed by atoms with van der Waals surface area (Å²) in [5.41, 5.74) is 8.02. The van der Waals surface area contributed by atoms with Crippen molar-refractivity contribution in [1.82, 2.24) is 4.98 Å². The van der Waals surface area contributed by atoms with Gasteiger partial charge in [0.1, 0.15) is 11.6 Å². The Balaban J connectivity index is 2.28. The maximum Gasteiger partial charge on any atom is 0.220 e. The van der Waals surface area contributed by atoms with E-state index in [4.69, 9.17) is 15.9 Å². The monoisotopic (exact) mass is 241 g/mol. The second-order valence-corrected chi connectivity index (χ2v) is 4.16. The van der Waals surface area contributed by atoms with Crippen LogP contribution < -0.4 is 10.5 Å². The topological polar surface area (TPSA) is 72.0 Å². The van der Waals surface area contributed by atoms with E-state index in [2.05, 4.69) is 4.98 Å². The Hall–Kier alpha value is -2.36. The Bertz CT molecular complexity index is 576. The van der Waals surface area contributed by atoms with Crippen LogP contribution in [0.3, 0.4) is 0 Å². The molecule has 0 unspecified atom stereocenters. The minimum absolute atomic E-state index is 0.00857. The number of aromatic nitrogens is 1. The summed E-state index contributed by atoms with van der Waals surface area (Å²) >= 11 is 0. The molecule has 0 fully saturated rings. The Morgan fingerprint density at radius 3 is 2.44 bits per heavy atom. The van der Waals surface area contributed by atoms with Gasteiger partial charge in [-0.2, -0.15) is 0 Å². The predicted molar refractivity (Wildman–Crippen MR) is 71.2 cm³/mol. The van der Waals surface area contributed by atoms with Crippen molar-refractivity contribution in [2.75, 3.05) is 0 Å². The standard InChI is InChI=1S/C14H15N3O/c1-9-3-5-12(6-4-9)18-13-8-11(14(15)16)7-10(2)17-13/h3-8H,1-2H3,(H3,15,16). The van der Waals surface area contributed by atoms with E-state index < -0.39 is 0 Å². The van der Waals surface area contributed by atoms with E-state index in [9.17, 15) is 0 Å². The molecule has 3 N–H and O–H groups in total. The number of benzene rings is 1. The number of aryl methyl sites for hydroxylation is 2. The third-order valence-electron chi connectivity index (χ3n) is 2.48. The first-order valence-electron chi connectivity index (χ1n) is 5.62. The molecule has 0 bridgehead atoms. The zero-order valence-corrected chi connectivity index (χ0v) is 10.4. The Labute approximate surface area is 106 Å². The first-order chi connectivity index (χ1) is 8.54. The molecule has 4 heteroatoms. The fourth-order valence-electron chi connectivity index (χ4n) is 1.57. The number of rotatable bonds is 3. The molecule has 4 nitrogen and oxygen atoms in total. The number of nitrogens with one attached hydrogen (secondary N) is 1. The fourth-order valence-corrected chi connectivity index (χ4v) is 1.57. The van der Waals surface area contributed by atoms with Crippen LogP contribution in [0.4, 0.5) is 0 Å². The van der Waals surface area contributed by atoms with Crippen LogP contribution >= 0.6 is 0 Å². The van der Waals surface area contributed by atoms with Crippen LogP contribution in [0.25, 0.3) is 0 Å². The van der Waals surface area contributed by atoms with E-state index in [1.165, 1.54) is 5.56 Å². The highest BCUT2D eigenvalue weighted by Gasteiger charge is 2.04. The molecule has 1 heterocycles. The smallest absolute Gasteiger partial charge is 0.220 e. The molecule has 1 aromatic carbocycles. The maximum atomic E-state index is 7.43. The Morgan fingerprint density at radius 1 is 1.17 bits per heavy atom. The van der Waals surface area contributed by atoms with Gasteiger partial charge in [-0.15, -0.1) is 0 Å². The lowest BCUT2D eigenvalue weighted by molar-refractivity contribution is 0.461. The van der Waals surface area contributed by atoms with Crippen molar-refractivity contribution in [2.45, 2.75) is 13.8 Å². The summed E-state index contributed by atoms with van der Waals surface area (Å²) in [6, 6.07) is 11.1. The lowest BCUT2D eigenvalue weighted by atomic mass is 10.2. The highest BCUT2D eigenvalue weighted by molar-refractivity contribution is 5.95. The summed E-state index contributed by atoms with van der Waals surface area (Å²) < 4.78 is 5.64. The Morgan fingerprint density at radius 2 is 1.83 bits per heavy atom. The summed E-state index contributed by atoms with van der Waals surface area (Å²) in [7, 11) is 0. The lowest BCUT2D eigenvalue weighted by Gasteiger charge is -2.07. The summed E-state index contributed by atoms with van der Waals surface area (Å²) in [5.74, 6) is 1.17. The number of nitrogen functional groups attached to an aromatic ring is 1. The number of nitrogens with two attached hydrogens (primary N) is 1. The molecule has 0 aliphatic carbocycles.